The van der Waals surface area contributed by atoms with Crippen molar-refractivity contribution in [3.63, 3.8) is 0 Å². The van der Waals surface area contributed by atoms with E-state index < -0.39 is 0 Å². The molecule has 0 saturated heterocycles. The van der Waals surface area contributed by atoms with Crippen molar-refractivity contribution in [2.24, 2.45) is 5.41 Å². The minimum absolute atomic E-state index is 0.152. The maximum Gasteiger partial charge on any atom is 0.0683 e. The van der Waals surface area contributed by atoms with Crippen molar-refractivity contribution >= 4 is 11.8 Å². The number of nitrogens with zero attached hydrogens (tertiary/aromatic N) is 1. The fourth-order valence-electron chi connectivity index (χ4n) is 1.33. The van der Waals surface area contributed by atoms with E-state index in [0.717, 1.165) is 25.9 Å². The maximum atomic E-state index is 8.82. The van der Waals surface area contributed by atoms with E-state index in [0.29, 0.717) is 0 Å². The summed E-state index contributed by atoms with van der Waals surface area (Å²) in [5, 5.41) is 12.2. The minimum atomic E-state index is -0.152. The molecular weight excluding hydrogens is 204 g/mol. The molecule has 15 heavy (non-hydrogen) atoms. The standard InChI is InChI=1S/C12H24N2S/c1-12(2,11-13)7-6-9-14-8-4-5-10-15-3/h14H,4-10H2,1-3H3. The lowest BCUT2D eigenvalue weighted by Crippen LogP contribution is -2.19. The lowest BCUT2D eigenvalue weighted by molar-refractivity contribution is 0.425. The Morgan fingerprint density at radius 1 is 1.20 bits per heavy atom. The molecule has 0 radical (unpaired) electrons. The van der Waals surface area contributed by atoms with Crippen LogP contribution in [0.25, 0.3) is 0 Å². The number of hydrogen-bond acceptors (Lipinski definition) is 3. The molecule has 3 heteroatoms. The van der Waals surface area contributed by atoms with Gasteiger partial charge in [-0.3, -0.25) is 0 Å². The van der Waals surface area contributed by atoms with Gasteiger partial charge >= 0.3 is 0 Å². The summed E-state index contributed by atoms with van der Waals surface area (Å²) in [5.74, 6) is 1.27. The third-order valence-corrected chi connectivity index (χ3v) is 3.11. The number of hydrogen-bond donors (Lipinski definition) is 1. The van der Waals surface area contributed by atoms with Crippen molar-refractivity contribution < 1.29 is 0 Å². The summed E-state index contributed by atoms with van der Waals surface area (Å²) in [6.07, 6.45) is 6.81. The average Bonchev–Trinajstić information content (AvgIpc) is 2.22. The zero-order chi connectivity index (χ0) is 11.6. The molecule has 0 bridgehead atoms. The van der Waals surface area contributed by atoms with E-state index in [1.54, 1.807) is 0 Å². The number of nitriles is 1. The van der Waals surface area contributed by atoms with Crippen LogP contribution in [0.3, 0.4) is 0 Å². The Labute approximate surface area is 98.8 Å². The van der Waals surface area contributed by atoms with Gasteiger partial charge in [0.2, 0.25) is 0 Å². The molecule has 0 aromatic carbocycles. The second kappa shape index (κ2) is 9.06. The van der Waals surface area contributed by atoms with Crippen molar-refractivity contribution in [3.05, 3.63) is 0 Å². The number of nitrogens with one attached hydrogen (secondary N) is 1. The smallest absolute Gasteiger partial charge is 0.0683 e. The molecule has 0 rings (SSSR count). The van der Waals surface area contributed by atoms with Gasteiger partial charge in [-0.15, -0.1) is 0 Å². The molecule has 0 aliphatic heterocycles. The summed E-state index contributed by atoms with van der Waals surface area (Å²) >= 11 is 1.91. The molecule has 2 nitrogen and oxygen atoms in total. The highest BCUT2D eigenvalue weighted by molar-refractivity contribution is 7.98. The van der Waals surface area contributed by atoms with Crippen molar-refractivity contribution in [2.75, 3.05) is 25.1 Å². The summed E-state index contributed by atoms with van der Waals surface area (Å²) in [7, 11) is 0. The van der Waals surface area contributed by atoms with Crippen LogP contribution in [0.2, 0.25) is 0 Å². The third-order valence-electron chi connectivity index (χ3n) is 2.41. The average molecular weight is 228 g/mol. The highest BCUT2D eigenvalue weighted by atomic mass is 32.2. The monoisotopic (exact) mass is 228 g/mol. The summed E-state index contributed by atoms with van der Waals surface area (Å²) < 4.78 is 0. The topological polar surface area (TPSA) is 35.8 Å². The molecule has 0 unspecified atom stereocenters. The SMILES string of the molecule is CSCCCCNCCCC(C)(C)C#N. The molecule has 0 aromatic heterocycles. The second-order valence-corrected chi connectivity index (χ2v) is 5.53. The highest BCUT2D eigenvalue weighted by Gasteiger charge is 2.14. The predicted molar refractivity (Wildman–Crippen MR) is 69.1 cm³/mol. The molecule has 88 valence electrons. The van der Waals surface area contributed by atoms with Crippen LogP contribution in [0.4, 0.5) is 0 Å². The van der Waals surface area contributed by atoms with E-state index in [9.17, 15) is 0 Å². The second-order valence-electron chi connectivity index (χ2n) is 4.55. The normalized spacial score (nSPS) is 11.3. The van der Waals surface area contributed by atoms with E-state index >= 15 is 0 Å². The molecule has 0 aromatic rings. The van der Waals surface area contributed by atoms with Crippen LogP contribution in [0.1, 0.15) is 39.5 Å². The molecule has 0 aliphatic carbocycles. The first kappa shape index (κ1) is 14.8. The minimum Gasteiger partial charge on any atom is -0.317 e. The number of rotatable bonds is 9. The van der Waals surface area contributed by atoms with Crippen molar-refractivity contribution in [2.45, 2.75) is 39.5 Å². The Bertz CT molecular complexity index is 185. The third kappa shape index (κ3) is 10.1. The van der Waals surface area contributed by atoms with Gasteiger partial charge in [0, 0.05) is 0 Å². The number of unbranched alkanes of at least 4 members (excludes halogenated alkanes) is 1. The molecule has 0 aliphatic rings. The fraction of sp³-hybridized carbons (Fsp3) is 0.917. The van der Waals surface area contributed by atoms with Gasteiger partial charge in [-0.25, -0.2) is 0 Å². The van der Waals surface area contributed by atoms with E-state index in [-0.39, 0.29) is 5.41 Å². The molecule has 1 N–H and O–H groups in total. The van der Waals surface area contributed by atoms with Crippen LogP contribution in [0.15, 0.2) is 0 Å². The highest BCUT2D eigenvalue weighted by Crippen LogP contribution is 2.19. The Kier molecular flexibility index (Phi) is 8.94. The van der Waals surface area contributed by atoms with Crippen LogP contribution in [0.5, 0.6) is 0 Å². The van der Waals surface area contributed by atoms with Crippen LogP contribution < -0.4 is 5.32 Å². The lowest BCUT2D eigenvalue weighted by atomic mass is 9.90. The largest absolute Gasteiger partial charge is 0.317 e. The van der Waals surface area contributed by atoms with Gasteiger partial charge in [0.25, 0.3) is 0 Å². The summed E-state index contributed by atoms with van der Waals surface area (Å²) in [4.78, 5) is 0. The maximum absolute atomic E-state index is 8.82. The Morgan fingerprint density at radius 2 is 1.87 bits per heavy atom. The molecule has 0 atom stereocenters. The molecule has 0 heterocycles. The van der Waals surface area contributed by atoms with Crippen LogP contribution in [0, 0.1) is 16.7 Å². The fourth-order valence-corrected chi connectivity index (χ4v) is 1.83. The van der Waals surface area contributed by atoms with Gasteiger partial charge in [-0.2, -0.15) is 17.0 Å². The van der Waals surface area contributed by atoms with Crippen LogP contribution in [-0.4, -0.2) is 25.1 Å². The molecule has 0 fully saturated rings. The first-order valence-corrected chi connectivity index (χ1v) is 7.13. The van der Waals surface area contributed by atoms with Gasteiger partial charge < -0.3 is 5.32 Å². The quantitative estimate of drug-likeness (QED) is 0.616. The Morgan fingerprint density at radius 3 is 2.47 bits per heavy atom. The Hall–Kier alpha value is -0.200. The van der Waals surface area contributed by atoms with Gasteiger partial charge in [-0.05, 0) is 64.6 Å². The van der Waals surface area contributed by atoms with Crippen LogP contribution in [-0.2, 0) is 0 Å². The first-order chi connectivity index (χ1) is 7.12. The first-order valence-electron chi connectivity index (χ1n) is 5.73. The summed E-state index contributed by atoms with van der Waals surface area (Å²) in [6.45, 7) is 6.18. The molecule has 0 spiro atoms. The van der Waals surface area contributed by atoms with E-state index in [2.05, 4.69) is 17.6 Å². The molecular formula is C12H24N2S. The predicted octanol–water partition coefficient (Wildman–Crippen LogP) is 3.05. The van der Waals surface area contributed by atoms with Crippen molar-refractivity contribution in [1.82, 2.24) is 5.32 Å². The van der Waals surface area contributed by atoms with E-state index in [4.69, 9.17) is 5.26 Å². The zero-order valence-corrected chi connectivity index (χ0v) is 11.1. The summed E-state index contributed by atoms with van der Waals surface area (Å²) in [5.41, 5.74) is -0.152. The lowest BCUT2D eigenvalue weighted by Gasteiger charge is -2.14. The van der Waals surface area contributed by atoms with Crippen LogP contribution >= 0.6 is 11.8 Å². The number of thioether (sulfide) groups is 1. The molecule has 0 saturated carbocycles. The summed E-state index contributed by atoms with van der Waals surface area (Å²) in [6, 6.07) is 2.33. The van der Waals surface area contributed by atoms with Crippen molar-refractivity contribution in [3.8, 4) is 6.07 Å². The van der Waals surface area contributed by atoms with Gasteiger partial charge in [-0.1, -0.05) is 0 Å². The zero-order valence-electron chi connectivity index (χ0n) is 10.3. The van der Waals surface area contributed by atoms with Gasteiger partial charge in [0.15, 0.2) is 0 Å². The Balaban J connectivity index is 3.16. The van der Waals surface area contributed by atoms with Gasteiger partial charge in [0.05, 0.1) is 11.5 Å². The molecule has 0 amide bonds. The van der Waals surface area contributed by atoms with E-state index in [1.165, 1.54) is 18.6 Å². The van der Waals surface area contributed by atoms with Gasteiger partial charge in [0.1, 0.15) is 0 Å². The van der Waals surface area contributed by atoms with E-state index in [1.807, 2.05) is 25.6 Å². The van der Waals surface area contributed by atoms with Crippen molar-refractivity contribution in [1.29, 1.82) is 5.26 Å².